The summed E-state index contributed by atoms with van der Waals surface area (Å²) in [5.41, 5.74) is 24.8. The Kier molecular flexibility index (Phi) is 14.5. The van der Waals surface area contributed by atoms with Crippen LogP contribution in [-0.4, -0.2) is 41.2 Å². The number of aromatic nitrogens is 7. The molecule has 0 N–H and O–H groups in total. The number of fused-ring (bicyclic) bond motifs is 7. The van der Waals surface area contributed by atoms with Crippen LogP contribution in [0.2, 0.25) is 0 Å². The maximum absolute atomic E-state index is 10.8. The lowest BCUT2D eigenvalue weighted by Gasteiger charge is -2.44. The molecule has 19 rings (SSSR count). The highest BCUT2D eigenvalue weighted by molar-refractivity contribution is 7.00. The molecule has 0 amide bonds. The number of nitriles is 1. The average molecular weight is 1300 g/mol. The first-order chi connectivity index (χ1) is 50.5. The van der Waals surface area contributed by atoms with Crippen LogP contribution in [0.15, 0.2) is 346 Å². The van der Waals surface area contributed by atoms with Crippen molar-refractivity contribution in [2.45, 2.75) is 0 Å². The van der Waals surface area contributed by atoms with Crippen molar-refractivity contribution in [3.63, 3.8) is 0 Å². The highest BCUT2D eigenvalue weighted by Gasteiger charge is 2.44. The molecule has 14 aromatic carbocycles. The predicted molar refractivity (Wildman–Crippen MR) is 415 cm³/mol. The lowest BCUT2D eigenvalue weighted by atomic mass is 9.33. The minimum absolute atomic E-state index is 0.168. The Bertz CT molecular complexity index is 5860. The Labute approximate surface area is 589 Å². The first kappa shape index (κ1) is 59.3. The fourth-order valence-electron chi connectivity index (χ4n) is 15.0. The van der Waals surface area contributed by atoms with Crippen molar-refractivity contribution in [1.82, 2.24) is 34.5 Å². The monoisotopic (exact) mass is 1300 g/mol. The van der Waals surface area contributed by atoms with Crippen LogP contribution in [0.3, 0.4) is 0 Å². The number of nitrogens with zero attached hydrogens (tertiary/aromatic N) is 10. The van der Waals surface area contributed by atoms with Gasteiger partial charge in [-0.05, 0) is 147 Å². The van der Waals surface area contributed by atoms with E-state index < -0.39 is 0 Å². The molecular weight excluding hydrogens is 1240 g/mol. The molecule has 0 radical (unpaired) electrons. The molecule has 10 nitrogen and oxygen atoms in total. The molecule has 17 aromatic rings. The van der Waals surface area contributed by atoms with E-state index in [4.69, 9.17) is 29.9 Å². The first-order valence-corrected chi connectivity index (χ1v) is 34.2. The molecule has 0 bridgehead atoms. The van der Waals surface area contributed by atoms with Gasteiger partial charge in [0.25, 0.3) is 6.71 Å². The first-order valence-electron chi connectivity index (χ1n) is 34.2. The van der Waals surface area contributed by atoms with Crippen molar-refractivity contribution in [1.29, 1.82) is 5.26 Å². The summed E-state index contributed by atoms with van der Waals surface area (Å²) >= 11 is 0. The van der Waals surface area contributed by atoms with Gasteiger partial charge in [0.15, 0.2) is 34.9 Å². The highest BCUT2D eigenvalue weighted by atomic mass is 15.2. The molecule has 0 fully saturated rings. The van der Waals surface area contributed by atoms with E-state index in [1.165, 1.54) is 16.4 Å². The molecule has 2 aliphatic rings. The van der Waals surface area contributed by atoms with Crippen LogP contribution < -0.4 is 26.2 Å². The molecular formula is C91H57BN10. The number of anilines is 6. The van der Waals surface area contributed by atoms with Gasteiger partial charge in [-0.2, -0.15) is 5.26 Å². The van der Waals surface area contributed by atoms with E-state index >= 15 is 0 Å². The SMILES string of the molecule is N#Cc1ccc(-n2c3ccc(-c4cc5c6c(c4)N(c4ccccc4)c4ccc(-c7ccccc7)cc4B6c4cc(-c6ccccc6)ccc4N5c4ccccc4)cc3c3cc(-c4nc(-c5ccccc5)nc(-c5ccccc5)n4)ccc32)c(-c2nc(-c3ccccc3)nc(-c3ccccc3)n2)c1. The fraction of sp³-hybridized carbons (Fsp3) is 0. The summed E-state index contributed by atoms with van der Waals surface area (Å²) in [6.07, 6.45) is 0. The number of para-hydroxylation sites is 2. The average Bonchev–Trinajstić information content (AvgIpc) is 0.783. The lowest BCUT2D eigenvalue weighted by Crippen LogP contribution is -2.61. The number of rotatable bonds is 12. The van der Waals surface area contributed by atoms with Gasteiger partial charge in [0, 0.05) is 78.3 Å². The van der Waals surface area contributed by atoms with E-state index in [-0.39, 0.29) is 6.71 Å². The quantitative estimate of drug-likeness (QED) is 0.110. The molecule has 0 unspecified atom stereocenters. The van der Waals surface area contributed by atoms with E-state index in [2.05, 4.69) is 227 Å². The van der Waals surface area contributed by atoms with Gasteiger partial charge in [0.2, 0.25) is 0 Å². The van der Waals surface area contributed by atoms with Gasteiger partial charge in [0.1, 0.15) is 0 Å². The normalized spacial score (nSPS) is 12.0. The second kappa shape index (κ2) is 24.9. The maximum atomic E-state index is 10.8. The molecule has 2 aliphatic heterocycles. The van der Waals surface area contributed by atoms with Crippen molar-refractivity contribution >= 4 is 79.0 Å². The largest absolute Gasteiger partial charge is 0.311 e. The van der Waals surface area contributed by atoms with E-state index in [1.807, 2.05) is 140 Å². The van der Waals surface area contributed by atoms with Crippen molar-refractivity contribution < 1.29 is 0 Å². The van der Waals surface area contributed by atoms with Gasteiger partial charge in [-0.1, -0.05) is 249 Å². The van der Waals surface area contributed by atoms with Gasteiger partial charge in [-0.25, -0.2) is 29.9 Å². The summed E-state index contributed by atoms with van der Waals surface area (Å²) in [5.74, 6) is 3.12. The Balaban J connectivity index is 0.878. The van der Waals surface area contributed by atoms with E-state index in [9.17, 15) is 5.26 Å². The summed E-state index contributed by atoms with van der Waals surface area (Å²) < 4.78 is 2.29. The van der Waals surface area contributed by atoms with Crippen LogP contribution in [0.5, 0.6) is 0 Å². The van der Waals surface area contributed by atoms with Crippen LogP contribution in [0, 0.1) is 11.3 Å². The highest BCUT2D eigenvalue weighted by Crippen LogP contribution is 2.48. The lowest BCUT2D eigenvalue weighted by molar-refractivity contribution is 1.06. The van der Waals surface area contributed by atoms with Crippen LogP contribution >= 0.6 is 0 Å². The third-order valence-electron chi connectivity index (χ3n) is 19.7. The molecule has 5 heterocycles. The van der Waals surface area contributed by atoms with Crippen LogP contribution in [0.4, 0.5) is 34.1 Å². The molecule has 0 atom stereocenters. The van der Waals surface area contributed by atoms with E-state index in [0.717, 1.165) is 123 Å². The predicted octanol–water partition coefficient (Wildman–Crippen LogP) is 20.1. The second-order valence-electron chi connectivity index (χ2n) is 25.7. The Morgan fingerprint density at radius 1 is 0.255 bits per heavy atom. The summed E-state index contributed by atoms with van der Waals surface area (Å²) in [7, 11) is 0. The maximum Gasteiger partial charge on any atom is 0.252 e. The molecule has 0 spiro atoms. The molecule has 474 valence electrons. The van der Waals surface area contributed by atoms with Gasteiger partial charge >= 0.3 is 0 Å². The third-order valence-corrected chi connectivity index (χ3v) is 19.7. The molecule has 0 aliphatic carbocycles. The summed E-state index contributed by atoms with van der Waals surface area (Å²) in [5, 5.41) is 12.7. The molecule has 102 heavy (non-hydrogen) atoms. The van der Waals surface area contributed by atoms with Gasteiger partial charge in [-0.15, -0.1) is 0 Å². The van der Waals surface area contributed by atoms with Crippen LogP contribution in [0.1, 0.15) is 5.56 Å². The molecule has 0 saturated heterocycles. The van der Waals surface area contributed by atoms with Crippen molar-refractivity contribution in [2.24, 2.45) is 0 Å². The Morgan fingerprint density at radius 3 is 1.00 bits per heavy atom. The zero-order valence-corrected chi connectivity index (χ0v) is 55.0. The molecule has 0 saturated carbocycles. The smallest absolute Gasteiger partial charge is 0.252 e. The summed E-state index contributed by atoms with van der Waals surface area (Å²) in [4.78, 5) is 36.3. The third kappa shape index (κ3) is 10.4. The van der Waals surface area contributed by atoms with E-state index in [0.29, 0.717) is 46.1 Å². The fourth-order valence-corrected chi connectivity index (χ4v) is 15.0. The van der Waals surface area contributed by atoms with Crippen molar-refractivity contribution in [2.75, 3.05) is 9.80 Å². The molecule has 3 aromatic heterocycles. The Morgan fingerprint density at radius 2 is 0.588 bits per heavy atom. The Hall–Kier alpha value is -13.9. The summed E-state index contributed by atoms with van der Waals surface area (Å²) in [6.45, 7) is -0.168. The van der Waals surface area contributed by atoms with Gasteiger partial charge < -0.3 is 14.4 Å². The standard InChI is InChI=1S/C91H57BN10/c93-58-59-41-46-80(75(51-59)91-98-88(64-33-17-5-18-34-64)95-89(99-91)65-35-19-6-20-36-65)102-78-47-42-66(52-73(78)74-53-69(45-48-79(74)102)90-96-86(62-29-13-3-14-30-62)94-87(97-90)63-31-15-4-16-32-63)70-56-83-85-84(57-70)101(72-39-23-8-24-40-72)82-50-44-68(61-27-11-2-12-28-61)55-77(82)92(85)76-54-67(60-25-9-1-10-26-60)43-49-81(76)100(83)71-37-21-7-22-38-71/h1-57H. The van der Waals surface area contributed by atoms with Gasteiger partial charge in [0.05, 0.1) is 28.4 Å². The van der Waals surface area contributed by atoms with E-state index in [1.54, 1.807) is 0 Å². The minimum atomic E-state index is -0.168. The summed E-state index contributed by atoms with van der Waals surface area (Å²) in [6, 6.07) is 124. The van der Waals surface area contributed by atoms with Crippen molar-refractivity contribution in [3.8, 4) is 113 Å². The minimum Gasteiger partial charge on any atom is -0.311 e. The van der Waals surface area contributed by atoms with Gasteiger partial charge in [-0.3, -0.25) is 0 Å². The molecule has 11 heteroatoms. The number of benzene rings is 14. The van der Waals surface area contributed by atoms with Crippen LogP contribution in [0.25, 0.3) is 129 Å². The zero-order valence-electron chi connectivity index (χ0n) is 55.0. The van der Waals surface area contributed by atoms with Crippen LogP contribution in [-0.2, 0) is 0 Å². The topological polar surface area (TPSA) is 113 Å². The zero-order chi connectivity index (χ0) is 67.6. The number of hydrogen-bond acceptors (Lipinski definition) is 9. The van der Waals surface area contributed by atoms with Crippen molar-refractivity contribution in [3.05, 3.63) is 351 Å². The number of hydrogen-bond donors (Lipinski definition) is 0. The second-order valence-corrected chi connectivity index (χ2v) is 25.7.